The fourth-order valence-electron chi connectivity index (χ4n) is 9.09. The average Bonchev–Trinajstić information content (AvgIpc) is 3.09. The first kappa shape index (κ1) is 19.4. The Morgan fingerprint density at radius 1 is 1.30 bits per heavy atom. The van der Waals surface area contributed by atoms with Crippen molar-refractivity contribution < 1.29 is 19.7 Å². The molecule has 2 heterocycles. The third-order valence-corrected chi connectivity index (χ3v) is 10.1. The number of benzene rings is 1. The number of nitrogens with zero attached hydrogens (tertiary/aromatic N) is 1. The summed E-state index contributed by atoms with van der Waals surface area (Å²) in [6.07, 6.45) is 6.57. The van der Waals surface area contributed by atoms with Gasteiger partial charge in [0.2, 0.25) is 0 Å². The highest BCUT2D eigenvalue weighted by molar-refractivity contribution is 5.63. The Labute approximate surface area is 179 Å². The molecule has 2 spiro atoms. The second-order valence-electron chi connectivity index (χ2n) is 11.0. The van der Waals surface area contributed by atoms with Gasteiger partial charge in [0.05, 0.1) is 5.60 Å². The summed E-state index contributed by atoms with van der Waals surface area (Å²) in [4.78, 5) is 2.56. The average molecular weight is 414 g/mol. The summed E-state index contributed by atoms with van der Waals surface area (Å²) in [7, 11) is 4.09. The lowest BCUT2D eigenvalue weighted by Gasteiger charge is -2.74. The molecule has 5 nitrogen and oxygen atoms in total. The van der Waals surface area contributed by atoms with Crippen molar-refractivity contribution in [1.82, 2.24) is 4.90 Å². The van der Waals surface area contributed by atoms with E-state index in [2.05, 4.69) is 24.9 Å². The topological polar surface area (TPSA) is 62.2 Å². The smallest absolute Gasteiger partial charge is 0.165 e. The molecule has 4 fully saturated rings. The van der Waals surface area contributed by atoms with E-state index in [0.717, 1.165) is 51.5 Å². The van der Waals surface area contributed by atoms with Crippen molar-refractivity contribution >= 4 is 0 Å². The maximum atomic E-state index is 11.7. The lowest BCUT2D eigenvalue weighted by atomic mass is 9.33. The number of methoxy groups -OCH3 is 1. The van der Waals surface area contributed by atoms with Crippen LogP contribution in [0, 0.1) is 11.3 Å². The van der Waals surface area contributed by atoms with Gasteiger partial charge >= 0.3 is 0 Å². The molecular formula is C25H35NO4. The number of likely N-dealkylation sites (N-methyl/N-ethyl adjacent to an activating group) is 1. The highest BCUT2D eigenvalue weighted by Crippen LogP contribution is 2.77. The Bertz CT molecular complexity index is 915. The van der Waals surface area contributed by atoms with Gasteiger partial charge in [-0.15, -0.1) is 0 Å². The van der Waals surface area contributed by atoms with Gasteiger partial charge in [-0.2, -0.15) is 0 Å². The molecule has 7 atom stereocenters. The maximum Gasteiger partial charge on any atom is 0.165 e. The van der Waals surface area contributed by atoms with Crippen LogP contribution in [0.4, 0.5) is 0 Å². The zero-order chi connectivity index (χ0) is 21.1. The van der Waals surface area contributed by atoms with Crippen LogP contribution in [0.1, 0.15) is 63.5 Å². The largest absolute Gasteiger partial charge is 0.504 e. The summed E-state index contributed by atoms with van der Waals surface area (Å²) in [5, 5.41) is 22.5. The lowest BCUT2D eigenvalue weighted by molar-refractivity contribution is -0.301. The Hall–Kier alpha value is -1.30. The molecule has 1 saturated heterocycles. The molecule has 5 heteroatoms. The SMILES string of the molecule is CCC[C@@](C)(O)[C@H]1C[C@@]23CC[C@]1(OC)[C@@H]1Oc4c(O)ccc5c4C12CCN(C)C3C5. The van der Waals surface area contributed by atoms with Crippen molar-refractivity contribution in [3.8, 4) is 11.5 Å². The van der Waals surface area contributed by atoms with Gasteiger partial charge in [0.25, 0.3) is 0 Å². The zero-order valence-electron chi connectivity index (χ0n) is 18.7. The second kappa shape index (κ2) is 5.73. The van der Waals surface area contributed by atoms with Gasteiger partial charge in [-0.3, -0.25) is 0 Å². The van der Waals surface area contributed by atoms with Crippen molar-refractivity contribution in [1.29, 1.82) is 0 Å². The summed E-state index contributed by atoms with van der Waals surface area (Å²) < 4.78 is 13.2. The molecule has 164 valence electrons. The standard InChI is InChI=1S/C25H35NO4/c1-5-8-22(2,28)17-14-23-9-10-25(17,29-4)21-24(23)11-12-26(3)18(23)13-15-6-7-16(27)20(30-21)19(15)24/h6-7,17-18,21,27-28H,5,8-14H2,1-4H3/t17-,18?,21-,22-,23-,24?,25-/m1/s1. The van der Waals surface area contributed by atoms with Gasteiger partial charge < -0.3 is 24.6 Å². The van der Waals surface area contributed by atoms with E-state index in [-0.39, 0.29) is 28.6 Å². The molecule has 2 unspecified atom stereocenters. The van der Waals surface area contributed by atoms with Crippen LogP contribution < -0.4 is 4.74 Å². The monoisotopic (exact) mass is 413 g/mol. The molecule has 4 bridgehead atoms. The molecule has 0 radical (unpaired) electrons. The van der Waals surface area contributed by atoms with E-state index < -0.39 is 11.2 Å². The first-order chi connectivity index (χ1) is 14.3. The highest BCUT2D eigenvalue weighted by Gasteiger charge is 2.81. The van der Waals surface area contributed by atoms with Gasteiger partial charge in [-0.25, -0.2) is 0 Å². The summed E-state index contributed by atoms with van der Waals surface area (Å²) in [5.41, 5.74) is 1.21. The van der Waals surface area contributed by atoms with E-state index in [9.17, 15) is 10.2 Å². The Morgan fingerprint density at radius 2 is 2.10 bits per heavy atom. The normalized spacial score (nSPS) is 45.0. The van der Waals surface area contributed by atoms with Crippen LogP contribution in [-0.4, -0.2) is 59.2 Å². The van der Waals surface area contributed by atoms with Crippen molar-refractivity contribution in [2.24, 2.45) is 11.3 Å². The van der Waals surface area contributed by atoms with Crippen LogP contribution in [0.3, 0.4) is 0 Å². The number of phenols is 1. The van der Waals surface area contributed by atoms with Gasteiger partial charge in [-0.1, -0.05) is 19.4 Å². The lowest BCUT2D eigenvalue weighted by Crippen LogP contribution is -2.82. The van der Waals surface area contributed by atoms with Crippen LogP contribution >= 0.6 is 0 Å². The molecule has 3 saturated carbocycles. The molecule has 4 aliphatic carbocycles. The van der Waals surface area contributed by atoms with Crippen LogP contribution in [-0.2, 0) is 16.6 Å². The van der Waals surface area contributed by atoms with Crippen LogP contribution in [0.2, 0.25) is 0 Å². The van der Waals surface area contributed by atoms with Gasteiger partial charge in [0, 0.05) is 35.5 Å². The van der Waals surface area contributed by atoms with E-state index in [1.807, 2.05) is 20.1 Å². The third-order valence-electron chi connectivity index (χ3n) is 10.1. The van der Waals surface area contributed by atoms with E-state index in [1.165, 1.54) is 11.1 Å². The van der Waals surface area contributed by atoms with Crippen molar-refractivity contribution in [2.45, 2.75) is 87.6 Å². The van der Waals surface area contributed by atoms with Gasteiger partial charge in [-0.05, 0) is 70.7 Å². The third kappa shape index (κ3) is 1.85. The predicted octanol–water partition coefficient (Wildman–Crippen LogP) is 3.39. The van der Waals surface area contributed by atoms with Gasteiger partial charge in [0.15, 0.2) is 11.5 Å². The second-order valence-corrected chi connectivity index (χ2v) is 11.0. The summed E-state index contributed by atoms with van der Waals surface area (Å²) in [6, 6.07) is 4.37. The van der Waals surface area contributed by atoms with E-state index in [1.54, 1.807) is 0 Å². The van der Waals surface area contributed by atoms with Crippen LogP contribution in [0.25, 0.3) is 0 Å². The number of fused-ring (bicyclic) bond motifs is 2. The van der Waals surface area contributed by atoms with Gasteiger partial charge in [0.1, 0.15) is 11.7 Å². The van der Waals surface area contributed by atoms with E-state index in [0.29, 0.717) is 11.8 Å². The molecule has 30 heavy (non-hydrogen) atoms. The minimum absolute atomic E-state index is 0.0221. The van der Waals surface area contributed by atoms with E-state index >= 15 is 0 Å². The fourth-order valence-corrected chi connectivity index (χ4v) is 9.09. The molecule has 0 amide bonds. The minimum Gasteiger partial charge on any atom is -0.504 e. The maximum absolute atomic E-state index is 11.7. The molecule has 1 aromatic carbocycles. The number of aromatic hydroxyl groups is 1. The number of hydrogen-bond donors (Lipinski definition) is 2. The number of piperidine rings is 1. The molecule has 1 aromatic rings. The molecule has 0 aromatic heterocycles. The Kier molecular flexibility index (Phi) is 3.70. The number of ether oxygens (including phenoxy) is 2. The summed E-state index contributed by atoms with van der Waals surface area (Å²) in [5.74, 6) is 0.977. The summed E-state index contributed by atoms with van der Waals surface area (Å²) in [6.45, 7) is 5.19. The minimum atomic E-state index is -0.798. The molecule has 7 rings (SSSR count). The number of likely N-dealkylation sites (tertiary alicyclic amines) is 1. The molecule has 6 aliphatic rings. The Balaban J connectivity index is 1.64. The zero-order valence-corrected chi connectivity index (χ0v) is 18.7. The Morgan fingerprint density at radius 3 is 2.83 bits per heavy atom. The number of aliphatic hydroxyl groups is 1. The van der Waals surface area contributed by atoms with Crippen LogP contribution in [0.15, 0.2) is 12.1 Å². The number of hydrogen-bond acceptors (Lipinski definition) is 5. The van der Waals surface area contributed by atoms with E-state index in [4.69, 9.17) is 9.47 Å². The van der Waals surface area contributed by atoms with Crippen molar-refractivity contribution in [2.75, 3.05) is 20.7 Å². The molecular weight excluding hydrogens is 378 g/mol. The first-order valence-corrected chi connectivity index (χ1v) is 11.8. The fraction of sp³-hybridized carbons (Fsp3) is 0.760. The summed E-state index contributed by atoms with van der Waals surface area (Å²) >= 11 is 0. The van der Waals surface area contributed by atoms with Crippen molar-refractivity contribution in [3.05, 3.63) is 23.3 Å². The van der Waals surface area contributed by atoms with Crippen LogP contribution in [0.5, 0.6) is 11.5 Å². The number of phenolic OH excluding ortho intramolecular Hbond substituents is 1. The van der Waals surface area contributed by atoms with Crippen molar-refractivity contribution in [3.63, 3.8) is 0 Å². The number of rotatable bonds is 4. The quantitative estimate of drug-likeness (QED) is 0.792. The highest BCUT2D eigenvalue weighted by atomic mass is 16.6. The molecule has 2 N–H and O–H groups in total. The molecule has 2 aliphatic heterocycles. The predicted molar refractivity (Wildman–Crippen MR) is 114 cm³/mol. The first-order valence-electron chi connectivity index (χ1n) is 11.8.